The number of ether oxygens (including phenoxy) is 2. The van der Waals surface area contributed by atoms with Gasteiger partial charge in [-0.15, -0.1) is 0 Å². The van der Waals surface area contributed by atoms with Gasteiger partial charge in [0.05, 0.1) is 22.1 Å². The Hall–Kier alpha value is -3.40. The summed E-state index contributed by atoms with van der Waals surface area (Å²) in [5.74, 6) is 0.773. The molecule has 178 valence electrons. The number of non-ortho nitro benzene ring substituents is 1. The molecule has 1 saturated heterocycles. The van der Waals surface area contributed by atoms with Gasteiger partial charge in [0.1, 0.15) is 6.61 Å². The van der Waals surface area contributed by atoms with E-state index in [1.54, 1.807) is 60.7 Å². The van der Waals surface area contributed by atoms with Crippen molar-refractivity contribution in [3.05, 3.63) is 97.9 Å². The van der Waals surface area contributed by atoms with Crippen molar-refractivity contribution in [2.24, 2.45) is 0 Å². The number of nitro groups is 1. The quantitative estimate of drug-likeness (QED) is 0.141. The number of anilines is 1. The largest absolute Gasteiger partial charge is 0.490 e. The minimum absolute atomic E-state index is 0.00222. The zero-order valence-corrected chi connectivity index (χ0v) is 20.9. The number of hydrogen-bond acceptors (Lipinski definition) is 7. The number of thiocarbonyl (C=S) groups is 1. The molecule has 3 aromatic rings. The van der Waals surface area contributed by atoms with Crippen molar-refractivity contribution in [2.75, 3.05) is 11.5 Å². The molecule has 35 heavy (non-hydrogen) atoms. The fraction of sp³-hybridized carbons (Fsp3) is 0.120. The SMILES string of the molecule is CCOc1cc(/C=C2\SC(=S)N(c3ccc(Cl)cc3)C2=O)ccc1OCc1cccc([N+](=O)[O-])c1. The summed E-state index contributed by atoms with van der Waals surface area (Å²) in [6.07, 6.45) is 1.75. The molecule has 0 aromatic heterocycles. The standard InChI is InChI=1S/C25H19ClN2O5S2/c1-2-32-22-13-16(6-11-21(22)33-15-17-4-3-5-20(12-17)28(30)31)14-23-24(29)27(25(34)35-23)19-9-7-18(26)8-10-19/h3-14H,2,15H2,1H3/b23-14-. The molecular weight excluding hydrogens is 508 g/mol. The molecule has 1 heterocycles. The van der Waals surface area contributed by atoms with E-state index in [9.17, 15) is 14.9 Å². The van der Waals surface area contributed by atoms with Crippen molar-refractivity contribution in [2.45, 2.75) is 13.5 Å². The highest BCUT2D eigenvalue weighted by molar-refractivity contribution is 8.27. The molecular formula is C25H19ClN2O5S2. The van der Waals surface area contributed by atoms with E-state index in [-0.39, 0.29) is 18.2 Å². The lowest BCUT2D eigenvalue weighted by Gasteiger charge is -2.14. The number of halogens is 1. The van der Waals surface area contributed by atoms with Crippen molar-refractivity contribution < 1.29 is 19.2 Å². The van der Waals surface area contributed by atoms with Crippen LogP contribution >= 0.6 is 35.6 Å². The predicted molar refractivity (Wildman–Crippen MR) is 142 cm³/mol. The minimum Gasteiger partial charge on any atom is -0.490 e. The number of amides is 1. The van der Waals surface area contributed by atoms with Gasteiger partial charge in [-0.1, -0.05) is 53.8 Å². The molecule has 1 aliphatic heterocycles. The number of hydrogen-bond donors (Lipinski definition) is 0. The van der Waals surface area contributed by atoms with E-state index in [0.717, 1.165) is 5.56 Å². The van der Waals surface area contributed by atoms with Crippen molar-refractivity contribution >= 4 is 63.3 Å². The number of thioether (sulfide) groups is 1. The third kappa shape index (κ3) is 5.82. The van der Waals surface area contributed by atoms with E-state index < -0.39 is 4.92 Å². The molecule has 0 atom stereocenters. The highest BCUT2D eigenvalue weighted by Crippen LogP contribution is 2.37. The van der Waals surface area contributed by atoms with Gasteiger partial charge >= 0.3 is 0 Å². The molecule has 0 aliphatic carbocycles. The third-order valence-corrected chi connectivity index (χ3v) is 6.51. The van der Waals surface area contributed by atoms with Crippen LogP contribution in [-0.4, -0.2) is 21.8 Å². The molecule has 0 spiro atoms. The van der Waals surface area contributed by atoms with Gasteiger partial charge in [-0.25, -0.2) is 0 Å². The van der Waals surface area contributed by atoms with Gasteiger partial charge in [-0.05, 0) is 60.5 Å². The monoisotopic (exact) mass is 526 g/mol. The van der Waals surface area contributed by atoms with Crippen LogP contribution in [-0.2, 0) is 11.4 Å². The lowest BCUT2D eigenvalue weighted by atomic mass is 10.1. The van der Waals surface area contributed by atoms with E-state index in [4.69, 9.17) is 33.3 Å². The van der Waals surface area contributed by atoms with Gasteiger partial charge in [-0.2, -0.15) is 0 Å². The summed E-state index contributed by atoms with van der Waals surface area (Å²) in [5, 5.41) is 11.6. The molecule has 3 aromatic carbocycles. The van der Waals surface area contributed by atoms with E-state index in [1.807, 2.05) is 6.92 Å². The molecule has 0 N–H and O–H groups in total. The summed E-state index contributed by atoms with van der Waals surface area (Å²) in [6.45, 7) is 2.41. The number of nitro benzene ring substituents is 1. The first-order valence-electron chi connectivity index (χ1n) is 10.5. The third-order valence-electron chi connectivity index (χ3n) is 4.96. The zero-order chi connectivity index (χ0) is 24.9. The second kappa shape index (κ2) is 10.9. The van der Waals surface area contributed by atoms with Crippen LogP contribution in [0.5, 0.6) is 11.5 Å². The Kier molecular flexibility index (Phi) is 7.70. The first-order chi connectivity index (χ1) is 16.9. The van der Waals surface area contributed by atoms with Gasteiger partial charge in [0.25, 0.3) is 11.6 Å². The molecule has 1 amide bonds. The van der Waals surface area contributed by atoms with Gasteiger partial charge in [-0.3, -0.25) is 19.8 Å². The Balaban J connectivity index is 1.54. The smallest absolute Gasteiger partial charge is 0.270 e. The van der Waals surface area contributed by atoms with E-state index >= 15 is 0 Å². The Morgan fingerprint density at radius 2 is 1.86 bits per heavy atom. The fourth-order valence-electron chi connectivity index (χ4n) is 3.35. The van der Waals surface area contributed by atoms with Gasteiger partial charge in [0.2, 0.25) is 0 Å². The fourth-order valence-corrected chi connectivity index (χ4v) is 4.78. The van der Waals surface area contributed by atoms with Crippen molar-refractivity contribution in [1.82, 2.24) is 0 Å². The molecule has 1 aliphatic rings. The topological polar surface area (TPSA) is 81.9 Å². The van der Waals surface area contributed by atoms with Crippen LogP contribution in [0.25, 0.3) is 6.08 Å². The maximum atomic E-state index is 13.0. The maximum Gasteiger partial charge on any atom is 0.270 e. The average Bonchev–Trinajstić information content (AvgIpc) is 3.12. The van der Waals surface area contributed by atoms with Crippen LogP contribution in [0.3, 0.4) is 0 Å². The average molecular weight is 527 g/mol. The van der Waals surface area contributed by atoms with Crippen LogP contribution in [0.4, 0.5) is 11.4 Å². The van der Waals surface area contributed by atoms with Crippen molar-refractivity contribution in [1.29, 1.82) is 0 Å². The van der Waals surface area contributed by atoms with Crippen LogP contribution in [0.1, 0.15) is 18.1 Å². The summed E-state index contributed by atoms with van der Waals surface area (Å²) in [7, 11) is 0. The van der Waals surface area contributed by atoms with Crippen molar-refractivity contribution in [3.8, 4) is 11.5 Å². The molecule has 0 unspecified atom stereocenters. The summed E-state index contributed by atoms with van der Waals surface area (Å²) >= 11 is 12.6. The van der Waals surface area contributed by atoms with Gasteiger partial charge in [0.15, 0.2) is 15.8 Å². The molecule has 1 fully saturated rings. The lowest BCUT2D eigenvalue weighted by Crippen LogP contribution is -2.27. The molecule has 0 saturated carbocycles. The van der Waals surface area contributed by atoms with E-state index in [1.165, 1.54) is 28.8 Å². The van der Waals surface area contributed by atoms with Crippen LogP contribution < -0.4 is 14.4 Å². The molecule has 0 radical (unpaired) electrons. The highest BCUT2D eigenvalue weighted by atomic mass is 35.5. The Labute approximate surface area is 216 Å². The Morgan fingerprint density at radius 1 is 1.09 bits per heavy atom. The number of nitrogens with zero attached hydrogens (tertiary/aromatic N) is 2. The normalized spacial score (nSPS) is 14.5. The summed E-state index contributed by atoms with van der Waals surface area (Å²) < 4.78 is 12.1. The number of carbonyl (C=O) groups excluding carboxylic acids is 1. The lowest BCUT2D eigenvalue weighted by molar-refractivity contribution is -0.384. The van der Waals surface area contributed by atoms with Crippen molar-refractivity contribution in [3.63, 3.8) is 0 Å². The van der Waals surface area contributed by atoms with E-state index in [0.29, 0.717) is 43.6 Å². The van der Waals surface area contributed by atoms with Gasteiger partial charge in [0, 0.05) is 17.2 Å². The van der Waals surface area contributed by atoms with Crippen LogP contribution in [0.2, 0.25) is 5.02 Å². The molecule has 0 bridgehead atoms. The highest BCUT2D eigenvalue weighted by Gasteiger charge is 2.33. The number of benzene rings is 3. The zero-order valence-electron chi connectivity index (χ0n) is 18.5. The Bertz CT molecular complexity index is 1330. The minimum atomic E-state index is -0.445. The molecule has 4 rings (SSSR count). The maximum absolute atomic E-state index is 13.0. The summed E-state index contributed by atoms with van der Waals surface area (Å²) in [6, 6.07) is 18.5. The van der Waals surface area contributed by atoms with Gasteiger partial charge < -0.3 is 9.47 Å². The first kappa shape index (κ1) is 24.7. The second-order valence-electron chi connectivity index (χ2n) is 7.35. The predicted octanol–water partition coefficient (Wildman–Crippen LogP) is 6.63. The molecule has 7 nitrogen and oxygen atoms in total. The number of rotatable bonds is 8. The second-order valence-corrected chi connectivity index (χ2v) is 9.46. The van der Waals surface area contributed by atoms with Crippen LogP contribution in [0, 0.1) is 10.1 Å². The van der Waals surface area contributed by atoms with Crippen LogP contribution in [0.15, 0.2) is 71.6 Å². The Morgan fingerprint density at radius 3 is 2.57 bits per heavy atom. The van der Waals surface area contributed by atoms with E-state index in [2.05, 4.69) is 0 Å². The summed E-state index contributed by atoms with van der Waals surface area (Å²) in [4.78, 5) is 25.5. The molecule has 10 heteroatoms. The number of carbonyl (C=O) groups is 1. The summed E-state index contributed by atoms with van der Waals surface area (Å²) in [5.41, 5.74) is 2.06. The first-order valence-corrected chi connectivity index (χ1v) is 12.1.